The first kappa shape index (κ1) is 10.2. The number of halogens is 2. The molecule has 0 aromatic carbocycles. The molecule has 0 rings (SSSR count). The van der Waals surface area contributed by atoms with Gasteiger partial charge in [0.1, 0.15) is 5.78 Å². The van der Waals surface area contributed by atoms with Crippen LogP contribution in [0.3, 0.4) is 0 Å². The zero-order valence-electron chi connectivity index (χ0n) is 6.07. The van der Waals surface area contributed by atoms with Crippen molar-refractivity contribution in [3.05, 3.63) is 0 Å². The highest BCUT2D eigenvalue weighted by molar-refractivity contribution is 6.22. The number of ketones is 1. The van der Waals surface area contributed by atoms with Crippen molar-refractivity contribution in [2.45, 2.75) is 31.6 Å². The van der Waals surface area contributed by atoms with E-state index in [-0.39, 0.29) is 11.2 Å². The van der Waals surface area contributed by atoms with Crippen LogP contribution in [0.5, 0.6) is 0 Å². The average Bonchev–Trinajstić information content (AvgIpc) is 1.88. The van der Waals surface area contributed by atoms with Crippen molar-refractivity contribution < 1.29 is 4.79 Å². The Labute approximate surface area is 71.7 Å². The van der Waals surface area contributed by atoms with E-state index in [0.29, 0.717) is 18.7 Å². The number of hydrogen-bond donors (Lipinski definition) is 0. The summed E-state index contributed by atoms with van der Waals surface area (Å²) >= 11 is 11.1. The van der Waals surface area contributed by atoms with Gasteiger partial charge in [0.05, 0.1) is 0 Å². The summed E-state index contributed by atoms with van der Waals surface area (Å²) in [5, 5.41) is -0.00397. The van der Waals surface area contributed by atoms with E-state index in [0.717, 1.165) is 6.42 Å². The summed E-state index contributed by atoms with van der Waals surface area (Å²) < 4.78 is 0. The van der Waals surface area contributed by atoms with Crippen molar-refractivity contribution in [2.24, 2.45) is 0 Å². The van der Waals surface area contributed by atoms with E-state index in [1.165, 1.54) is 0 Å². The second kappa shape index (κ2) is 5.99. The molecule has 0 radical (unpaired) electrons. The monoisotopic (exact) mass is 182 g/mol. The molecule has 0 aromatic rings. The molecule has 0 aliphatic heterocycles. The zero-order chi connectivity index (χ0) is 7.98. The van der Waals surface area contributed by atoms with Crippen LogP contribution in [-0.2, 0) is 4.79 Å². The molecule has 0 fully saturated rings. The number of hydrogen-bond acceptors (Lipinski definition) is 1. The minimum Gasteiger partial charge on any atom is -0.300 e. The van der Waals surface area contributed by atoms with Crippen molar-refractivity contribution in [2.75, 3.05) is 5.88 Å². The van der Waals surface area contributed by atoms with E-state index in [9.17, 15) is 4.79 Å². The Hall–Kier alpha value is 0.250. The van der Waals surface area contributed by atoms with E-state index in [4.69, 9.17) is 23.2 Å². The molecule has 1 unspecified atom stereocenters. The fraction of sp³-hybridized carbons (Fsp3) is 0.857. The van der Waals surface area contributed by atoms with E-state index in [2.05, 4.69) is 0 Å². The third kappa shape index (κ3) is 5.07. The summed E-state index contributed by atoms with van der Waals surface area (Å²) in [7, 11) is 0. The van der Waals surface area contributed by atoms with Gasteiger partial charge in [-0.2, -0.15) is 0 Å². The normalized spacial score (nSPS) is 13.1. The maximum atomic E-state index is 10.8. The molecule has 0 heterocycles. The van der Waals surface area contributed by atoms with Gasteiger partial charge in [-0.3, -0.25) is 4.79 Å². The van der Waals surface area contributed by atoms with E-state index >= 15 is 0 Å². The van der Waals surface area contributed by atoms with Gasteiger partial charge in [-0.05, 0) is 6.42 Å². The fourth-order valence-electron chi connectivity index (χ4n) is 0.599. The van der Waals surface area contributed by atoms with Crippen LogP contribution in [0.2, 0.25) is 0 Å². The van der Waals surface area contributed by atoms with E-state index in [1.54, 1.807) is 0 Å². The summed E-state index contributed by atoms with van der Waals surface area (Å²) in [4.78, 5) is 10.8. The Bertz CT molecular complexity index is 104. The SMILES string of the molecule is CCC(Cl)CC(=O)CCCl. The highest BCUT2D eigenvalue weighted by atomic mass is 35.5. The first-order chi connectivity index (χ1) is 4.70. The molecule has 10 heavy (non-hydrogen) atoms. The first-order valence-electron chi connectivity index (χ1n) is 3.42. The van der Waals surface area contributed by atoms with Gasteiger partial charge in [0.25, 0.3) is 0 Å². The molecule has 1 nitrogen and oxygen atoms in total. The molecule has 3 heteroatoms. The number of rotatable bonds is 5. The molecule has 0 N–H and O–H groups in total. The smallest absolute Gasteiger partial charge is 0.135 e. The second-order valence-electron chi connectivity index (χ2n) is 2.19. The van der Waals surface area contributed by atoms with Crippen LogP contribution in [0.25, 0.3) is 0 Å². The van der Waals surface area contributed by atoms with Crippen molar-refractivity contribution in [3.63, 3.8) is 0 Å². The molecule has 0 aliphatic carbocycles. The number of carbonyl (C=O) groups is 1. The second-order valence-corrected chi connectivity index (χ2v) is 3.18. The van der Waals surface area contributed by atoms with Crippen LogP contribution in [0, 0.1) is 0 Å². The predicted octanol–water partition coefficient (Wildman–Crippen LogP) is 2.59. The first-order valence-corrected chi connectivity index (χ1v) is 4.39. The molecule has 0 aliphatic rings. The predicted molar refractivity (Wildman–Crippen MR) is 44.9 cm³/mol. The van der Waals surface area contributed by atoms with Crippen LogP contribution in [-0.4, -0.2) is 17.0 Å². The summed E-state index contributed by atoms with van der Waals surface area (Å²) in [6, 6.07) is 0. The Kier molecular flexibility index (Phi) is 6.14. The maximum Gasteiger partial charge on any atom is 0.135 e. The van der Waals surface area contributed by atoms with Gasteiger partial charge in [0, 0.05) is 24.1 Å². The van der Waals surface area contributed by atoms with E-state index < -0.39 is 0 Å². The summed E-state index contributed by atoms with van der Waals surface area (Å²) in [6.07, 6.45) is 1.76. The molecule has 0 bridgehead atoms. The van der Waals surface area contributed by atoms with Gasteiger partial charge in [-0.1, -0.05) is 6.92 Å². The Morgan fingerprint density at radius 1 is 1.60 bits per heavy atom. The van der Waals surface area contributed by atoms with Crippen molar-refractivity contribution in [1.82, 2.24) is 0 Å². The Morgan fingerprint density at radius 2 is 2.20 bits per heavy atom. The van der Waals surface area contributed by atoms with Crippen molar-refractivity contribution >= 4 is 29.0 Å². The number of alkyl halides is 2. The summed E-state index contributed by atoms with van der Waals surface area (Å²) in [5.74, 6) is 0.573. The van der Waals surface area contributed by atoms with Gasteiger partial charge in [0.2, 0.25) is 0 Å². The molecular formula is C7H12Cl2O. The average molecular weight is 183 g/mol. The van der Waals surface area contributed by atoms with Crippen LogP contribution in [0.4, 0.5) is 0 Å². The van der Waals surface area contributed by atoms with Gasteiger partial charge in [-0.15, -0.1) is 23.2 Å². The largest absolute Gasteiger partial charge is 0.300 e. The van der Waals surface area contributed by atoms with Gasteiger partial charge in [0.15, 0.2) is 0 Å². The third-order valence-electron chi connectivity index (χ3n) is 1.27. The lowest BCUT2D eigenvalue weighted by atomic mass is 10.1. The molecular weight excluding hydrogens is 171 g/mol. The standard InChI is InChI=1S/C7H12Cl2O/c1-2-6(9)5-7(10)3-4-8/h6H,2-5H2,1H3. The van der Waals surface area contributed by atoms with Crippen LogP contribution in [0.15, 0.2) is 0 Å². The fourth-order valence-corrected chi connectivity index (χ4v) is 0.982. The molecule has 0 saturated carbocycles. The number of Topliss-reactive ketones (excluding diaryl/α,β-unsaturated/α-hetero) is 1. The highest BCUT2D eigenvalue weighted by Crippen LogP contribution is 2.08. The quantitative estimate of drug-likeness (QED) is 0.598. The topological polar surface area (TPSA) is 17.1 Å². The molecule has 0 amide bonds. The lowest BCUT2D eigenvalue weighted by molar-refractivity contribution is -0.118. The lowest BCUT2D eigenvalue weighted by Gasteiger charge is -2.02. The van der Waals surface area contributed by atoms with Crippen LogP contribution >= 0.6 is 23.2 Å². The van der Waals surface area contributed by atoms with Crippen LogP contribution in [0.1, 0.15) is 26.2 Å². The van der Waals surface area contributed by atoms with Gasteiger partial charge in [-0.25, -0.2) is 0 Å². The van der Waals surface area contributed by atoms with Gasteiger partial charge >= 0.3 is 0 Å². The van der Waals surface area contributed by atoms with Gasteiger partial charge < -0.3 is 0 Å². The molecule has 60 valence electrons. The third-order valence-corrected chi connectivity index (χ3v) is 1.92. The van der Waals surface area contributed by atoms with Crippen molar-refractivity contribution in [3.8, 4) is 0 Å². The Balaban J connectivity index is 3.37. The minimum atomic E-state index is -0.00397. The zero-order valence-corrected chi connectivity index (χ0v) is 7.58. The summed E-state index contributed by atoms with van der Waals surface area (Å²) in [6.45, 7) is 1.96. The summed E-state index contributed by atoms with van der Waals surface area (Å²) in [5.41, 5.74) is 0. The molecule has 0 spiro atoms. The minimum absolute atomic E-state index is 0.00397. The van der Waals surface area contributed by atoms with E-state index in [1.807, 2.05) is 6.92 Å². The molecule has 1 atom stereocenters. The lowest BCUT2D eigenvalue weighted by Crippen LogP contribution is -2.07. The number of carbonyl (C=O) groups excluding carboxylic acids is 1. The molecule has 0 saturated heterocycles. The van der Waals surface area contributed by atoms with Crippen LogP contribution < -0.4 is 0 Å². The van der Waals surface area contributed by atoms with Crippen molar-refractivity contribution in [1.29, 1.82) is 0 Å². The maximum absolute atomic E-state index is 10.8. The highest BCUT2D eigenvalue weighted by Gasteiger charge is 2.07. The Morgan fingerprint density at radius 3 is 2.60 bits per heavy atom. The molecule has 0 aromatic heterocycles.